The molecule has 1 aromatic carbocycles. The molecule has 198 valence electrons. The Morgan fingerprint density at radius 1 is 1.19 bits per heavy atom. The topological polar surface area (TPSA) is 90.5 Å². The summed E-state index contributed by atoms with van der Waals surface area (Å²) in [6.45, 7) is 1.75. The number of fused-ring (bicyclic) bond motifs is 3. The number of nitrogens with one attached hydrogen (secondary N) is 3. The molecule has 0 aromatic heterocycles. The van der Waals surface area contributed by atoms with E-state index in [1.807, 2.05) is 6.07 Å². The molecule has 2 amide bonds. The number of allylic oxidation sites excluding steroid dienone is 4. The van der Waals surface area contributed by atoms with Crippen LogP contribution in [0, 0.1) is 11.8 Å². The van der Waals surface area contributed by atoms with Gasteiger partial charge in [0.1, 0.15) is 6.17 Å². The highest BCUT2D eigenvalue weighted by Crippen LogP contribution is 2.62. The van der Waals surface area contributed by atoms with Gasteiger partial charge in [0, 0.05) is 34.1 Å². The van der Waals surface area contributed by atoms with Gasteiger partial charge >= 0.3 is 0 Å². The highest BCUT2D eigenvalue weighted by atomic mass is 35.5. The lowest BCUT2D eigenvalue weighted by Gasteiger charge is -2.48. The molecule has 9 heteroatoms. The van der Waals surface area contributed by atoms with Crippen LogP contribution in [0.1, 0.15) is 57.4 Å². The average molecular weight is 548 g/mol. The van der Waals surface area contributed by atoms with Crippen LogP contribution in [0.4, 0.5) is 10.1 Å². The first-order valence-corrected chi connectivity index (χ1v) is 13.9. The van der Waals surface area contributed by atoms with E-state index in [1.165, 1.54) is 6.08 Å². The number of amides is 2. The molecule has 2 spiro atoms. The first kappa shape index (κ1) is 25.4. The summed E-state index contributed by atoms with van der Waals surface area (Å²) in [6.07, 6.45) is 8.59. The van der Waals surface area contributed by atoms with Gasteiger partial charge in [-0.15, -0.1) is 0 Å². The maximum Gasteiger partial charge on any atom is 0.237 e. The minimum Gasteiger partial charge on any atom is -0.390 e. The van der Waals surface area contributed by atoms with E-state index in [9.17, 15) is 14.7 Å². The van der Waals surface area contributed by atoms with Gasteiger partial charge in [-0.3, -0.25) is 14.9 Å². The van der Waals surface area contributed by atoms with Crippen LogP contribution >= 0.6 is 23.2 Å². The lowest BCUT2D eigenvalue weighted by molar-refractivity contribution is -0.129. The van der Waals surface area contributed by atoms with E-state index in [1.54, 1.807) is 31.2 Å². The molecule has 6 nitrogen and oxygen atoms in total. The van der Waals surface area contributed by atoms with Crippen molar-refractivity contribution in [1.29, 1.82) is 0 Å². The van der Waals surface area contributed by atoms with Gasteiger partial charge in [-0.05, 0) is 56.4 Å². The monoisotopic (exact) mass is 547 g/mol. The number of carbonyl (C=O) groups is 2. The number of alkyl halides is 1. The second-order valence-corrected chi connectivity index (χ2v) is 12.6. The number of halogens is 3. The Bertz CT molecular complexity index is 1200. The van der Waals surface area contributed by atoms with Gasteiger partial charge in [0.15, 0.2) is 0 Å². The summed E-state index contributed by atoms with van der Waals surface area (Å²) >= 11 is 12.6. The zero-order valence-electron chi connectivity index (χ0n) is 20.7. The lowest BCUT2D eigenvalue weighted by Crippen LogP contribution is -2.61. The van der Waals surface area contributed by atoms with Crippen molar-refractivity contribution in [3.63, 3.8) is 0 Å². The fraction of sp³-hybridized carbons (Fsp3) is 0.571. The summed E-state index contributed by atoms with van der Waals surface area (Å²) in [7, 11) is 0. The van der Waals surface area contributed by atoms with E-state index in [4.69, 9.17) is 23.2 Å². The molecule has 37 heavy (non-hydrogen) atoms. The SMILES string of the molecule is CC1(O)CC(NC(=O)[C@@H]2NC3(CCCCC3)[C@@]3(C(=O)Nc4cc(Cl)ccc43)[C@H]2C2C=CC=C(Cl)C2F)C1. The second kappa shape index (κ2) is 8.80. The number of hydrogen-bond acceptors (Lipinski definition) is 4. The van der Waals surface area contributed by atoms with Gasteiger partial charge in [-0.25, -0.2) is 4.39 Å². The molecule has 2 unspecified atom stereocenters. The highest BCUT2D eigenvalue weighted by molar-refractivity contribution is 6.31. The molecular weight excluding hydrogens is 516 g/mol. The number of carbonyl (C=O) groups excluding carboxylic acids is 2. The molecule has 5 aliphatic rings. The summed E-state index contributed by atoms with van der Waals surface area (Å²) in [5, 5.41) is 20.5. The summed E-state index contributed by atoms with van der Waals surface area (Å²) in [5.74, 6) is -2.02. The molecular formula is C28H32Cl2FN3O3. The Kier molecular flexibility index (Phi) is 6.03. The van der Waals surface area contributed by atoms with Gasteiger partial charge in [-0.1, -0.05) is 60.7 Å². The Morgan fingerprint density at radius 2 is 1.92 bits per heavy atom. The van der Waals surface area contributed by atoms with E-state index in [2.05, 4.69) is 16.0 Å². The van der Waals surface area contributed by atoms with Crippen LogP contribution in [-0.2, 0) is 15.0 Å². The fourth-order valence-corrected chi connectivity index (χ4v) is 8.35. The van der Waals surface area contributed by atoms with Gasteiger partial charge in [0.2, 0.25) is 11.8 Å². The van der Waals surface area contributed by atoms with Crippen molar-refractivity contribution < 1.29 is 19.1 Å². The second-order valence-electron chi connectivity index (χ2n) is 11.8. The molecule has 2 saturated carbocycles. The summed E-state index contributed by atoms with van der Waals surface area (Å²) in [6, 6.07) is 4.36. The van der Waals surface area contributed by atoms with Gasteiger partial charge in [-0.2, -0.15) is 0 Å². The van der Waals surface area contributed by atoms with E-state index < -0.39 is 40.6 Å². The van der Waals surface area contributed by atoms with Gasteiger partial charge in [0.25, 0.3) is 0 Å². The van der Waals surface area contributed by atoms with Gasteiger partial charge < -0.3 is 15.7 Å². The van der Waals surface area contributed by atoms with E-state index in [-0.39, 0.29) is 22.9 Å². The Balaban J connectivity index is 1.51. The third-order valence-electron chi connectivity index (χ3n) is 9.37. The van der Waals surface area contributed by atoms with E-state index in [0.29, 0.717) is 36.4 Å². The van der Waals surface area contributed by atoms with Crippen molar-refractivity contribution in [2.24, 2.45) is 11.8 Å². The van der Waals surface area contributed by atoms with Crippen molar-refractivity contribution in [1.82, 2.24) is 10.6 Å². The molecule has 4 N–H and O–H groups in total. The minimum absolute atomic E-state index is 0.0659. The van der Waals surface area contributed by atoms with E-state index >= 15 is 4.39 Å². The standard InChI is InChI=1S/C28H32Cl2FN3O3/c1-26(37)13-16(14-26)32-24(35)23-21(17-6-5-7-19(30)22(17)31)28(27(34-23)10-3-2-4-11-27)18-9-8-15(29)12-20(18)33-25(28)36/h5-9,12,16-17,21-23,34,37H,2-4,10-11,13-14H2,1H3,(H,32,35)(H,33,36)/t16?,17?,21-,22?,23+,26?,28+/m0/s1. The van der Waals surface area contributed by atoms with Crippen LogP contribution in [0.25, 0.3) is 0 Å². The summed E-state index contributed by atoms with van der Waals surface area (Å²) in [5.41, 5.74) is -1.34. The van der Waals surface area contributed by atoms with E-state index in [0.717, 1.165) is 24.8 Å². The first-order valence-electron chi connectivity index (χ1n) is 13.2. The van der Waals surface area contributed by atoms with Crippen LogP contribution < -0.4 is 16.0 Å². The average Bonchev–Trinajstić information content (AvgIpc) is 3.28. The number of rotatable bonds is 3. The van der Waals surface area contributed by atoms with Crippen molar-refractivity contribution in [3.05, 3.63) is 52.0 Å². The smallest absolute Gasteiger partial charge is 0.237 e. The quantitative estimate of drug-likeness (QED) is 0.448. The molecule has 3 fully saturated rings. The van der Waals surface area contributed by atoms with Crippen LogP contribution in [0.3, 0.4) is 0 Å². The number of aliphatic hydroxyl groups is 1. The molecule has 6 rings (SSSR count). The predicted molar refractivity (Wildman–Crippen MR) is 141 cm³/mol. The highest BCUT2D eigenvalue weighted by Gasteiger charge is 2.73. The molecule has 3 aliphatic carbocycles. The van der Waals surface area contributed by atoms with Crippen molar-refractivity contribution in [2.75, 3.05) is 5.32 Å². The Morgan fingerprint density at radius 3 is 2.62 bits per heavy atom. The Labute approximate surface area is 226 Å². The molecule has 2 aliphatic heterocycles. The molecule has 2 heterocycles. The summed E-state index contributed by atoms with van der Waals surface area (Å²) in [4.78, 5) is 28.2. The number of anilines is 1. The molecule has 1 saturated heterocycles. The predicted octanol–water partition coefficient (Wildman–Crippen LogP) is 4.50. The lowest BCUT2D eigenvalue weighted by atomic mass is 9.54. The third-order valence-corrected chi connectivity index (χ3v) is 9.94. The zero-order valence-corrected chi connectivity index (χ0v) is 22.2. The first-order chi connectivity index (χ1) is 17.6. The van der Waals surface area contributed by atoms with Crippen molar-refractivity contribution in [2.45, 2.75) is 86.7 Å². The van der Waals surface area contributed by atoms with Crippen LogP contribution in [-0.4, -0.2) is 46.3 Å². The molecule has 1 aromatic rings. The maximum absolute atomic E-state index is 15.9. The largest absolute Gasteiger partial charge is 0.390 e. The number of hydrogen-bond donors (Lipinski definition) is 4. The fourth-order valence-electron chi connectivity index (χ4n) is 7.96. The molecule has 0 radical (unpaired) electrons. The van der Waals surface area contributed by atoms with Crippen molar-refractivity contribution >= 4 is 40.7 Å². The normalized spacial score (nSPS) is 39.8. The number of benzene rings is 1. The molecule has 0 bridgehead atoms. The van der Waals surface area contributed by atoms with Crippen molar-refractivity contribution in [3.8, 4) is 0 Å². The van der Waals surface area contributed by atoms with Gasteiger partial charge in [0.05, 0.1) is 22.1 Å². The van der Waals surface area contributed by atoms with Crippen LogP contribution in [0.15, 0.2) is 41.5 Å². The summed E-state index contributed by atoms with van der Waals surface area (Å²) < 4.78 is 15.9. The minimum atomic E-state index is -1.54. The van der Waals surface area contributed by atoms with Crippen LogP contribution in [0.5, 0.6) is 0 Å². The maximum atomic E-state index is 15.9. The Hall–Kier alpha value is -1.93. The zero-order chi connectivity index (χ0) is 26.2. The third kappa shape index (κ3) is 3.72. The van der Waals surface area contributed by atoms with Crippen LogP contribution in [0.2, 0.25) is 5.02 Å². The molecule has 5 atom stereocenters.